The van der Waals surface area contributed by atoms with E-state index in [1.165, 1.54) is 43.6 Å². The van der Waals surface area contributed by atoms with E-state index < -0.39 is 0 Å². The molecule has 152 valence electrons. The topological polar surface area (TPSA) is 42.9 Å². The van der Waals surface area contributed by atoms with Gasteiger partial charge >= 0.3 is 0 Å². The number of guanidine groups is 1. The van der Waals surface area contributed by atoms with E-state index in [2.05, 4.69) is 84.6 Å². The van der Waals surface area contributed by atoms with Crippen LogP contribution in [-0.4, -0.2) is 57.7 Å². The minimum Gasteiger partial charge on any atom is -0.372 e. The van der Waals surface area contributed by atoms with Gasteiger partial charge in [-0.2, -0.15) is 0 Å². The van der Waals surface area contributed by atoms with E-state index in [9.17, 15) is 0 Å². The molecule has 1 saturated heterocycles. The fourth-order valence-electron chi connectivity index (χ4n) is 3.68. The molecule has 2 rings (SSSR count). The molecular formula is C22H39N5. The predicted octanol–water partition coefficient (Wildman–Crippen LogP) is 3.49. The summed E-state index contributed by atoms with van der Waals surface area (Å²) in [6.45, 7) is 10.0. The lowest BCUT2D eigenvalue weighted by Crippen LogP contribution is -2.46. The monoisotopic (exact) mass is 373 g/mol. The second-order valence-electron chi connectivity index (χ2n) is 8.36. The van der Waals surface area contributed by atoms with Crippen molar-refractivity contribution in [3.05, 3.63) is 29.8 Å². The number of nitrogens with one attached hydrogen (secondary N) is 2. The molecule has 1 aromatic rings. The van der Waals surface area contributed by atoms with Crippen LogP contribution in [0.1, 0.15) is 51.6 Å². The Hall–Kier alpha value is -1.75. The highest BCUT2D eigenvalue weighted by Gasteiger charge is 2.16. The van der Waals surface area contributed by atoms with E-state index >= 15 is 0 Å². The molecule has 1 aliphatic rings. The van der Waals surface area contributed by atoms with Crippen LogP contribution in [0, 0.1) is 5.92 Å². The summed E-state index contributed by atoms with van der Waals surface area (Å²) in [6.07, 6.45) is 3.78. The Morgan fingerprint density at radius 3 is 2.48 bits per heavy atom. The highest BCUT2D eigenvalue weighted by molar-refractivity contribution is 5.80. The molecule has 0 radical (unpaired) electrons. The molecule has 1 heterocycles. The Labute approximate surface area is 166 Å². The van der Waals surface area contributed by atoms with Crippen LogP contribution in [0.3, 0.4) is 0 Å². The van der Waals surface area contributed by atoms with E-state index in [0.29, 0.717) is 12.0 Å². The lowest BCUT2D eigenvalue weighted by Gasteiger charge is -2.28. The maximum absolute atomic E-state index is 4.43. The van der Waals surface area contributed by atoms with Crippen molar-refractivity contribution in [3.63, 3.8) is 0 Å². The van der Waals surface area contributed by atoms with Crippen molar-refractivity contribution in [2.45, 2.75) is 52.1 Å². The third kappa shape index (κ3) is 6.73. The largest absolute Gasteiger partial charge is 0.372 e. The van der Waals surface area contributed by atoms with Gasteiger partial charge in [-0.15, -0.1) is 0 Å². The van der Waals surface area contributed by atoms with Crippen LogP contribution in [0.15, 0.2) is 29.3 Å². The standard InChI is InChI=1S/C22H39N5/c1-17(2)14-21(26(5)6)16-24-22(23-4)25-18(3)19-10-9-11-20(15-19)27-12-7-8-13-27/h9-11,15,17-18,21H,7-8,12-14,16H2,1-6H3,(H2,23,24,25). The van der Waals surface area contributed by atoms with E-state index in [1.807, 2.05) is 7.05 Å². The first-order valence-electron chi connectivity index (χ1n) is 10.4. The first-order valence-corrected chi connectivity index (χ1v) is 10.4. The molecule has 2 unspecified atom stereocenters. The molecular weight excluding hydrogens is 334 g/mol. The molecule has 0 saturated carbocycles. The number of nitrogens with zero attached hydrogens (tertiary/aromatic N) is 3. The summed E-state index contributed by atoms with van der Waals surface area (Å²) in [5, 5.41) is 7.06. The van der Waals surface area contributed by atoms with Gasteiger partial charge in [-0.25, -0.2) is 0 Å². The van der Waals surface area contributed by atoms with E-state index in [0.717, 1.165) is 12.5 Å². The zero-order chi connectivity index (χ0) is 19.8. The minimum atomic E-state index is 0.210. The molecule has 0 aromatic heterocycles. The molecule has 27 heavy (non-hydrogen) atoms. The molecule has 5 nitrogen and oxygen atoms in total. The summed E-state index contributed by atoms with van der Waals surface area (Å²) < 4.78 is 0. The number of likely N-dealkylation sites (N-methyl/N-ethyl adjacent to an activating group) is 1. The number of anilines is 1. The van der Waals surface area contributed by atoms with Crippen molar-refractivity contribution in [1.29, 1.82) is 0 Å². The average Bonchev–Trinajstić information content (AvgIpc) is 3.18. The van der Waals surface area contributed by atoms with E-state index in [-0.39, 0.29) is 6.04 Å². The van der Waals surface area contributed by atoms with Gasteiger partial charge in [0.15, 0.2) is 5.96 Å². The first-order chi connectivity index (χ1) is 12.9. The van der Waals surface area contributed by atoms with E-state index in [1.54, 1.807) is 0 Å². The third-order valence-corrected chi connectivity index (χ3v) is 5.40. The van der Waals surface area contributed by atoms with Gasteiger partial charge in [-0.3, -0.25) is 4.99 Å². The normalized spacial score (nSPS) is 17.5. The lowest BCUT2D eigenvalue weighted by molar-refractivity contribution is 0.254. The molecule has 0 bridgehead atoms. The number of benzene rings is 1. The SMILES string of the molecule is CN=C(NCC(CC(C)C)N(C)C)NC(C)c1cccc(N2CCCC2)c1. The molecule has 1 aromatic carbocycles. The fourth-order valence-corrected chi connectivity index (χ4v) is 3.68. The van der Waals surface area contributed by atoms with Gasteiger partial charge in [0.1, 0.15) is 0 Å². The van der Waals surface area contributed by atoms with Crippen LogP contribution in [0.25, 0.3) is 0 Å². The van der Waals surface area contributed by atoms with Gasteiger partial charge in [-0.05, 0) is 63.9 Å². The fraction of sp³-hybridized carbons (Fsp3) is 0.682. The highest BCUT2D eigenvalue weighted by atomic mass is 15.2. The molecule has 1 aliphatic heterocycles. The van der Waals surface area contributed by atoms with Gasteiger partial charge in [0, 0.05) is 38.4 Å². The van der Waals surface area contributed by atoms with Gasteiger partial charge in [0.2, 0.25) is 0 Å². The van der Waals surface area contributed by atoms with Crippen LogP contribution < -0.4 is 15.5 Å². The first kappa shape index (κ1) is 21.5. The zero-order valence-corrected chi connectivity index (χ0v) is 18.1. The smallest absolute Gasteiger partial charge is 0.191 e. The van der Waals surface area contributed by atoms with Crippen molar-refractivity contribution < 1.29 is 0 Å². The van der Waals surface area contributed by atoms with Crippen molar-refractivity contribution in [2.75, 3.05) is 45.7 Å². The summed E-state index contributed by atoms with van der Waals surface area (Å²) in [4.78, 5) is 9.21. The summed E-state index contributed by atoms with van der Waals surface area (Å²) in [7, 11) is 6.14. The van der Waals surface area contributed by atoms with Crippen molar-refractivity contribution in [1.82, 2.24) is 15.5 Å². The Morgan fingerprint density at radius 1 is 1.19 bits per heavy atom. The second kappa shape index (κ2) is 10.5. The number of aliphatic imine (C=N–C) groups is 1. The summed E-state index contributed by atoms with van der Waals surface area (Å²) in [5.74, 6) is 1.55. The number of hydrogen-bond acceptors (Lipinski definition) is 3. The van der Waals surface area contributed by atoms with Crippen LogP contribution in [-0.2, 0) is 0 Å². The van der Waals surface area contributed by atoms with Crippen LogP contribution >= 0.6 is 0 Å². The van der Waals surface area contributed by atoms with Gasteiger partial charge in [0.05, 0.1) is 6.04 Å². The Kier molecular flexibility index (Phi) is 8.42. The third-order valence-electron chi connectivity index (χ3n) is 5.40. The van der Waals surface area contributed by atoms with Crippen molar-refractivity contribution in [3.8, 4) is 0 Å². The molecule has 2 N–H and O–H groups in total. The molecule has 1 fully saturated rings. The minimum absolute atomic E-state index is 0.210. The van der Waals surface area contributed by atoms with Crippen LogP contribution in [0.5, 0.6) is 0 Å². The summed E-state index contributed by atoms with van der Waals surface area (Å²) in [6, 6.07) is 9.62. The maximum atomic E-state index is 4.43. The average molecular weight is 374 g/mol. The van der Waals surface area contributed by atoms with Gasteiger partial charge in [0.25, 0.3) is 0 Å². The number of rotatable bonds is 8. The Morgan fingerprint density at radius 2 is 1.89 bits per heavy atom. The molecule has 0 amide bonds. The second-order valence-corrected chi connectivity index (χ2v) is 8.36. The van der Waals surface area contributed by atoms with Crippen LogP contribution in [0.4, 0.5) is 5.69 Å². The van der Waals surface area contributed by atoms with Gasteiger partial charge < -0.3 is 20.4 Å². The summed E-state index contributed by atoms with van der Waals surface area (Å²) >= 11 is 0. The summed E-state index contributed by atoms with van der Waals surface area (Å²) in [5.41, 5.74) is 2.64. The van der Waals surface area contributed by atoms with Gasteiger partial charge in [-0.1, -0.05) is 26.0 Å². The van der Waals surface area contributed by atoms with Crippen molar-refractivity contribution in [2.24, 2.45) is 10.9 Å². The maximum Gasteiger partial charge on any atom is 0.191 e. The van der Waals surface area contributed by atoms with E-state index in [4.69, 9.17) is 0 Å². The van der Waals surface area contributed by atoms with Crippen LogP contribution in [0.2, 0.25) is 0 Å². The molecule has 5 heteroatoms. The quantitative estimate of drug-likeness (QED) is 0.541. The zero-order valence-electron chi connectivity index (χ0n) is 18.1. The van der Waals surface area contributed by atoms with Crippen molar-refractivity contribution >= 4 is 11.6 Å². The lowest BCUT2D eigenvalue weighted by atomic mass is 10.0. The highest BCUT2D eigenvalue weighted by Crippen LogP contribution is 2.23. The predicted molar refractivity (Wildman–Crippen MR) is 118 cm³/mol. The number of hydrogen-bond donors (Lipinski definition) is 2. The Bertz CT molecular complexity index is 590. The molecule has 0 aliphatic carbocycles. The molecule has 0 spiro atoms. The Balaban J connectivity index is 1.94. The molecule has 2 atom stereocenters.